The minimum Gasteiger partial charge on any atom is -0.392 e. The summed E-state index contributed by atoms with van der Waals surface area (Å²) in [6.07, 6.45) is 1.04. The van der Waals surface area contributed by atoms with Gasteiger partial charge in [-0.15, -0.1) is 0 Å². The summed E-state index contributed by atoms with van der Waals surface area (Å²) < 4.78 is 5.56. The molecule has 1 aromatic heterocycles. The molecule has 1 N–H and O–H groups in total. The third kappa shape index (κ3) is 3.30. The zero-order chi connectivity index (χ0) is 14.8. The molecule has 112 valence electrons. The first kappa shape index (κ1) is 15.3. The second-order valence-electron chi connectivity index (χ2n) is 6.46. The lowest BCUT2D eigenvalue weighted by Gasteiger charge is -2.37. The summed E-state index contributed by atoms with van der Waals surface area (Å²) >= 11 is 0. The summed E-state index contributed by atoms with van der Waals surface area (Å²) in [5, 5.41) is 9.50. The Morgan fingerprint density at radius 1 is 1.40 bits per heavy atom. The average molecular weight is 278 g/mol. The van der Waals surface area contributed by atoms with E-state index in [1.54, 1.807) is 0 Å². The standard InChI is InChI=1S/C16H26N2O2/c1-5-13-11-20-7-6-18(13)15-9-12(10-19)8-14(17-15)16(2,3)4/h8-9,13,19H,5-7,10-11H2,1-4H3. The van der Waals surface area contributed by atoms with Gasteiger partial charge in [-0.25, -0.2) is 4.98 Å². The molecule has 2 heterocycles. The summed E-state index contributed by atoms with van der Waals surface area (Å²) in [5.41, 5.74) is 1.94. The van der Waals surface area contributed by atoms with Gasteiger partial charge in [0.2, 0.25) is 0 Å². The van der Waals surface area contributed by atoms with E-state index in [1.165, 1.54) is 0 Å². The monoisotopic (exact) mass is 278 g/mol. The molecule has 0 aliphatic carbocycles. The summed E-state index contributed by atoms with van der Waals surface area (Å²) in [6.45, 7) is 11.0. The largest absolute Gasteiger partial charge is 0.392 e. The van der Waals surface area contributed by atoms with Gasteiger partial charge in [0.05, 0.1) is 25.9 Å². The molecule has 1 saturated heterocycles. The van der Waals surface area contributed by atoms with Gasteiger partial charge in [0.15, 0.2) is 0 Å². The number of pyridine rings is 1. The van der Waals surface area contributed by atoms with Gasteiger partial charge in [-0.1, -0.05) is 27.7 Å². The van der Waals surface area contributed by atoms with Gasteiger partial charge in [-0.3, -0.25) is 0 Å². The quantitative estimate of drug-likeness (QED) is 0.922. The molecular formula is C16H26N2O2. The summed E-state index contributed by atoms with van der Waals surface area (Å²) in [7, 11) is 0. The van der Waals surface area contributed by atoms with E-state index in [9.17, 15) is 5.11 Å². The third-order valence-corrected chi connectivity index (χ3v) is 3.82. The van der Waals surface area contributed by atoms with Gasteiger partial charge >= 0.3 is 0 Å². The Morgan fingerprint density at radius 2 is 2.15 bits per heavy atom. The number of hydrogen-bond donors (Lipinski definition) is 1. The lowest BCUT2D eigenvalue weighted by molar-refractivity contribution is 0.0925. The van der Waals surface area contributed by atoms with Crippen molar-refractivity contribution in [3.63, 3.8) is 0 Å². The molecule has 1 aliphatic heterocycles. The van der Waals surface area contributed by atoms with Crippen LogP contribution >= 0.6 is 0 Å². The number of rotatable bonds is 3. The minimum atomic E-state index is -0.0199. The smallest absolute Gasteiger partial charge is 0.129 e. The van der Waals surface area contributed by atoms with Crippen LogP contribution in [0.25, 0.3) is 0 Å². The molecule has 1 fully saturated rings. The van der Waals surface area contributed by atoms with Crippen LogP contribution in [-0.4, -0.2) is 35.9 Å². The highest BCUT2D eigenvalue weighted by atomic mass is 16.5. The number of hydrogen-bond acceptors (Lipinski definition) is 4. The van der Waals surface area contributed by atoms with E-state index in [2.05, 4.69) is 32.6 Å². The Hall–Kier alpha value is -1.13. The van der Waals surface area contributed by atoms with Gasteiger partial charge in [0, 0.05) is 17.7 Å². The average Bonchev–Trinajstić information content (AvgIpc) is 2.45. The molecule has 0 saturated carbocycles. The van der Waals surface area contributed by atoms with E-state index in [-0.39, 0.29) is 12.0 Å². The lowest BCUT2D eigenvalue weighted by atomic mass is 9.90. The molecule has 0 bridgehead atoms. The van der Waals surface area contributed by atoms with Crippen LogP contribution in [0.5, 0.6) is 0 Å². The van der Waals surface area contributed by atoms with Gasteiger partial charge < -0.3 is 14.7 Å². The number of ether oxygens (including phenoxy) is 1. The topological polar surface area (TPSA) is 45.6 Å². The molecule has 0 aromatic carbocycles. The summed E-state index contributed by atoms with van der Waals surface area (Å²) in [4.78, 5) is 7.15. The van der Waals surface area contributed by atoms with Crippen molar-refractivity contribution in [1.82, 2.24) is 4.98 Å². The van der Waals surface area contributed by atoms with Crippen molar-refractivity contribution >= 4 is 5.82 Å². The molecule has 20 heavy (non-hydrogen) atoms. The van der Waals surface area contributed by atoms with Crippen LogP contribution in [0.4, 0.5) is 5.82 Å². The third-order valence-electron chi connectivity index (χ3n) is 3.82. The highest BCUT2D eigenvalue weighted by Crippen LogP contribution is 2.27. The van der Waals surface area contributed by atoms with Crippen molar-refractivity contribution in [3.05, 3.63) is 23.4 Å². The maximum Gasteiger partial charge on any atom is 0.129 e. The van der Waals surface area contributed by atoms with E-state index >= 15 is 0 Å². The van der Waals surface area contributed by atoms with Crippen molar-refractivity contribution in [2.75, 3.05) is 24.7 Å². The van der Waals surface area contributed by atoms with Crippen molar-refractivity contribution in [1.29, 1.82) is 0 Å². The fourth-order valence-electron chi connectivity index (χ4n) is 2.49. The van der Waals surface area contributed by atoms with Gasteiger partial charge in [-0.2, -0.15) is 0 Å². The number of aliphatic hydroxyl groups is 1. The predicted molar refractivity (Wildman–Crippen MR) is 81.1 cm³/mol. The molecule has 4 nitrogen and oxygen atoms in total. The van der Waals surface area contributed by atoms with E-state index < -0.39 is 0 Å². The van der Waals surface area contributed by atoms with Crippen LogP contribution in [0.2, 0.25) is 0 Å². The highest BCUT2D eigenvalue weighted by Gasteiger charge is 2.25. The predicted octanol–water partition coefficient (Wildman–Crippen LogP) is 2.49. The Bertz CT molecular complexity index is 454. The van der Waals surface area contributed by atoms with Gasteiger partial charge in [-0.05, 0) is 24.1 Å². The first-order valence-corrected chi connectivity index (χ1v) is 7.42. The van der Waals surface area contributed by atoms with Gasteiger partial charge in [0.1, 0.15) is 5.82 Å². The molecular weight excluding hydrogens is 252 g/mol. The van der Waals surface area contributed by atoms with Crippen molar-refractivity contribution in [2.24, 2.45) is 0 Å². The molecule has 2 rings (SSSR count). The number of nitrogens with zero attached hydrogens (tertiary/aromatic N) is 2. The lowest BCUT2D eigenvalue weighted by Crippen LogP contribution is -2.45. The van der Waals surface area contributed by atoms with E-state index in [1.807, 2.05) is 12.1 Å². The SMILES string of the molecule is CCC1COCCN1c1cc(CO)cc(C(C)(C)C)n1. The Kier molecular flexibility index (Phi) is 4.66. The summed E-state index contributed by atoms with van der Waals surface area (Å²) in [5.74, 6) is 0.969. The number of morpholine rings is 1. The highest BCUT2D eigenvalue weighted by molar-refractivity contribution is 5.45. The molecule has 4 heteroatoms. The van der Waals surface area contributed by atoms with Crippen LogP contribution < -0.4 is 4.90 Å². The Balaban J connectivity index is 2.39. The molecule has 1 aromatic rings. The molecule has 0 radical (unpaired) electrons. The zero-order valence-corrected chi connectivity index (χ0v) is 13.0. The van der Waals surface area contributed by atoms with Crippen LogP contribution in [0.1, 0.15) is 45.4 Å². The maximum atomic E-state index is 9.50. The second kappa shape index (κ2) is 6.10. The number of aliphatic hydroxyl groups excluding tert-OH is 1. The van der Waals surface area contributed by atoms with Gasteiger partial charge in [0.25, 0.3) is 0 Å². The fourth-order valence-corrected chi connectivity index (χ4v) is 2.49. The van der Waals surface area contributed by atoms with Crippen LogP contribution in [0.3, 0.4) is 0 Å². The first-order valence-electron chi connectivity index (χ1n) is 7.42. The van der Waals surface area contributed by atoms with Crippen molar-refractivity contribution in [2.45, 2.75) is 52.2 Å². The molecule has 1 atom stereocenters. The Labute approximate surface area is 121 Å². The zero-order valence-electron chi connectivity index (χ0n) is 13.0. The molecule has 0 spiro atoms. The van der Waals surface area contributed by atoms with Crippen LogP contribution in [-0.2, 0) is 16.8 Å². The van der Waals surface area contributed by atoms with Crippen molar-refractivity contribution < 1.29 is 9.84 Å². The molecule has 1 aliphatic rings. The maximum absolute atomic E-state index is 9.50. The first-order chi connectivity index (χ1) is 9.45. The fraction of sp³-hybridized carbons (Fsp3) is 0.688. The second-order valence-corrected chi connectivity index (χ2v) is 6.46. The van der Waals surface area contributed by atoms with Crippen LogP contribution in [0.15, 0.2) is 12.1 Å². The van der Waals surface area contributed by atoms with Crippen LogP contribution in [0, 0.1) is 0 Å². The molecule has 0 amide bonds. The number of anilines is 1. The normalized spacial score (nSPS) is 20.2. The van der Waals surface area contributed by atoms with Crippen molar-refractivity contribution in [3.8, 4) is 0 Å². The summed E-state index contributed by atoms with van der Waals surface area (Å²) in [6, 6.07) is 4.38. The van der Waals surface area contributed by atoms with E-state index in [0.717, 1.165) is 43.3 Å². The molecule has 1 unspecified atom stereocenters. The van der Waals surface area contributed by atoms with E-state index in [0.29, 0.717) is 6.04 Å². The van der Waals surface area contributed by atoms with E-state index in [4.69, 9.17) is 9.72 Å². The Morgan fingerprint density at radius 3 is 2.75 bits per heavy atom. The number of aromatic nitrogens is 1. The minimum absolute atomic E-state index is 0.0199.